The van der Waals surface area contributed by atoms with E-state index >= 15 is 0 Å². The van der Waals surface area contributed by atoms with E-state index in [9.17, 15) is 0 Å². The summed E-state index contributed by atoms with van der Waals surface area (Å²) in [4.78, 5) is 0. The van der Waals surface area contributed by atoms with Gasteiger partial charge < -0.3 is 4.57 Å². The Balaban J connectivity index is 1.83. The number of benzene rings is 4. The van der Waals surface area contributed by atoms with Gasteiger partial charge in [0.15, 0.2) is 0 Å². The second-order valence-electron chi connectivity index (χ2n) is 7.25. The van der Waals surface area contributed by atoms with E-state index in [0.717, 1.165) is 13.0 Å². The Kier molecular flexibility index (Phi) is 2.71. The summed E-state index contributed by atoms with van der Waals surface area (Å²) in [6, 6.07) is 26.9. The molecule has 6 rings (SSSR count). The fraction of sp³-hybridized carbons (Fsp3) is 0.120. The molecule has 0 N–H and O–H groups in total. The third-order valence-corrected chi connectivity index (χ3v) is 6.01. The van der Waals surface area contributed by atoms with Crippen molar-refractivity contribution in [2.45, 2.75) is 19.9 Å². The molecule has 1 aromatic heterocycles. The van der Waals surface area contributed by atoms with Crippen LogP contribution in [0, 0.1) is 0 Å². The Morgan fingerprint density at radius 1 is 0.769 bits per heavy atom. The molecule has 4 aromatic carbocycles. The van der Waals surface area contributed by atoms with Gasteiger partial charge in [0, 0.05) is 28.2 Å². The van der Waals surface area contributed by atoms with Crippen molar-refractivity contribution in [3.63, 3.8) is 0 Å². The molecule has 1 aliphatic rings. The molecule has 0 atom stereocenters. The predicted octanol–water partition coefficient (Wildman–Crippen LogP) is 6.54. The van der Waals surface area contributed by atoms with Crippen molar-refractivity contribution in [1.82, 2.24) is 4.57 Å². The molecule has 26 heavy (non-hydrogen) atoms. The Morgan fingerprint density at radius 3 is 2.54 bits per heavy atom. The van der Waals surface area contributed by atoms with Gasteiger partial charge in [0.2, 0.25) is 0 Å². The fourth-order valence-corrected chi connectivity index (χ4v) is 4.92. The summed E-state index contributed by atoms with van der Waals surface area (Å²) in [6.45, 7) is 3.24. The van der Waals surface area contributed by atoms with Gasteiger partial charge >= 0.3 is 0 Å². The molecule has 0 unspecified atom stereocenters. The van der Waals surface area contributed by atoms with E-state index in [-0.39, 0.29) is 0 Å². The van der Waals surface area contributed by atoms with E-state index in [1.165, 1.54) is 54.8 Å². The smallest absolute Gasteiger partial charge is 0.0571 e. The second kappa shape index (κ2) is 4.98. The zero-order chi connectivity index (χ0) is 17.3. The highest BCUT2D eigenvalue weighted by Gasteiger charge is 2.23. The van der Waals surface area contributed by atoms with Crippen molar-refractivity contribution in [3.05, 3.63) is 83.9 Å². The summed E-state index contributed by atoms with van der Waals surface area (Å²) in [7, 11) is 0. The van der Waals surface area contributed by atoms with Gasteiger partial charge in [-0.2, -0.15) is 0 Å². The van der Waals surface area contributed by atoms with E-state index in [2.05, 4.69) is 84.3 Å². The molecule has 0 aliphatic heterocycles. The van der Waals surface area contributed by atoms with Crippen LogP contribution in [0.3, 0.4) is 0 Å². The van der Waals surface area contributed by atoms with Crippen LogP contribution in [0.25, 0.3) is 43.7 Å². The lowest BCUT2D eigenvalue weighted by Crippen LogP contribution is -1.94. The summed E-state index contributed by atoms with van der Waals surface area (Å²) in [5, 5.41) is 5.51. The van der Waals surface area contributed by atoms with Gasteiger partial charge in [-0.1, -0.05) is 66.7 Å². The highest BCUT2D eigenvalue weighted by atomic mass is 15.0. The zero-order valence-electron chi connectivity index (χ0n) is 14.8. The first kappa shape index (κ1) is 14.1. The molecule has 0 radical (unpaired) electrons. The zero-order valence-corrected chi connectivity index (χ0v) is 14.8. The van der Waals surface area contributed by atoms with Crippen LogP contribution < -0.4 is 0 Å². The van der Waals surface area contributed by atoms with E-state index in [1.807, 2.05) is 0 Å². The van der Waals surface area contributed by atoms with Crippen molar-refractivity contribution in [2.75, 3.05) is 0 Å². The first-order chi connectivity index (χ1) is 12.9. The minimum absolute atomic E-state index is 0.986. The van der Waals surface area contributed by atoms with Crippen LogP contribution in [-0.4, -0.2) is 4.57 Å². The third-order valence-electron chi connectivity index (χ3n) is 6.01. The minimum atomic E-state index is 0.986. The van der Waals surface area contributed by atoms with E-state index in [0.29, 0.717) is 0 Å². The van der Waals surface area contributed by atoms with E-state index in [4.69, 9.17) is 0 Å². The van der Waals surface area contributed by atoms with Gasteiger partial charge in [-0.15, -0.1) is 0 Å². The molecule has 1 heterocycles. The Morgan fingerprint density at radius 2 is 1.62 bits per heavy atom. The van der Waals surface area contributed by atoms with Crippen molar-refractivity contribution < 1.29 is 0 Å². The highest BCUT2D eigenvalue weighted by molar-refractivity contribution is 6.20. The molecule has 0 fully saturated rings. The van der Waals surface area contributed by atoms with E-state index in [1.54, 1.807) is 0 Å². The van der Waals surface area contributed by atoms with Gasteiger partial charge in [0.05, 0.1) is 5.52 Å². The average Bonchev–Trinajstić information content (AvgIpc) is 3.23. The molecule has 0 saturated heterocycles. The van der Waals surface area contributed by atoms with Crippen molar-refractivity contribution in [3.8, 4) is 11.1 Å². The SMILES string of the molecule is CCn1c2ccc3c(c2c2ccc4ccccc4c21)Cc1ccccc1-3. The normalized spacial score (nSPS) is 12.8. The van der Waals surface area contributed by atoms with Crippen LogP contribution in [0.5, 0.6) is 0 Å². The van der Waals surface area contributed by atoms with Crippen LogP contribution >= 0.6 is 0 Å². The van der Waals surface area contributed by atoms with Gasteiger partial charge in [-0.3, -0.25) is 0 Å². The van der Waals surface area contributed by atoms with Crippen molar-refractivity contribution in [2.24, 2.45) is 0 Å². The largest absolute Gasteiger partial charge is 0.340 e. The van der Waals surface area contributed by atoms with Crippen LogP contribution in [0.1, 0.15) is 18.1 Å². The Bertz CT molecular complexity index is 1340. The number of aromatic nitrogens is 1. The predicted molar refractivity (Wildman–Crippen MR) is 111 cm³/mol. The Labute approximate surface area is 152 Å². The van der Waals surface area contributed by atoms with Gasteiger partial charge in [0.1, 0.15) is 0 Å². The standard InChI is InChI=1S/C25H19N/c1-2-26-23-14-13-20-18-9-5-4-8-17(18)15-22(20)24(23)21-12-11-16-7-3-6-10-19(16)25(21)26/h3-14H,2,15H2,1H3. The molecule has 0 amide bonds. The molecule has 0 saturated carbocycles. The molecular weight excluding hydrogens is 314 g/mol. The van der Waals surface area contributed by atoms with Gasteiger partial charge in [-0.25, -0.2) is 0 Å². The maximum absolute atomic E-state index is 2.50. The lowest BCUT2D eigenvalue weighted by Gasteiger charge is -2.06. The van der Waals surface area contributed by atoms with Crippen molar-refractivity contribution in [1.29, 1.82) is 0 Å². The van der Waals surface area contributed by atoms with Gasteiger partial charge in [-0.05, 0) is 47.1 Å². The summed E-state index contributed by atoms with van der Waals surface area (Å²) < 4.78 is 2.50. The van der Waals surface area contributed by atoms with Crippen LogP contribution in [0.2, 0.25) is 0 Å². The first-order valence-electron chi connectivity index (χ1n) is 9.40. The average molecular weight is 333 g/mol. The minimum Gasteiger partial charge on any atom is -0.340 e. The number of fused-ring (bicyclic) bond motifs is 9. The highest BCUT2D eigenvalue weighted by Crippen LogP contribution is 2.44. The molecular formula is C25H19N. The number of hydrogen-bond donors (Lipinski definition) is 0. The molecule has 1 aliphatic carbocycles. The molecule has 124 valence electrons. The topological polar surface area (TPSA) is 4.93 Å². The monoisotopic (exact) mass is 333 g/mol. The molecule has 1 nitrogen and oxygen atoms in total. The Hall–Kier alpha value is -3.06. The van der Waals surface area contributed by atoms with Crippen LogP contribution in [0.4, 0.5) is 0 Å². The number of aryl methyl sites for hydroxylation is 1. The number of hydrogen-bond acceptors (Lipinski definition) is 0. The summed E-state index contributed by atoms with van der Waals surface area (Å²) in [5.74, 6) is 0. The fourth-order valence-electron chi connectivity index (χ4n) is 4.92. The number of nitrogens with zero attached hydrogens (tertiary/aromatic N) is 1. The first-order valence-corrected chi connectivity index (χ1v) is 9.40. The molecule has 1 heteroatoms. The summed E-state index contributed by atoms with van der Waals surface area (Å²) >= 11 is 0. The van der Waals surface area contributed by atoms with Crippen molar-refractivity contribution >= 4 is 32.6 Å². The molecule has 0 spiro atoms. The van der Waals surface area contributed by atoms with Crippen LogP contribution in [0.15, 0.2) is 72.8 Å². The van der Waals surface area contributed by atoms with Gasteiger partial charge in [0.25, 0.3) is 0 Å². The summed E-state index contributed by atoms with van der Waals surface area (Å²) in [5.41, 5.74) is 8.51. The quantitative estimate of drug-likeness (QED) is 0.322. The maximum Gasteiger partial charge on any atom is 0.0571 e. The number of rotatable bonds is 1. The van der Waals surface area contributed by atoms with Crippen LogP contribution in [-0.2, 0) is 13.0 Å². The molecule has 5 aromatic rings. The maximum atomic E-state index is 2.50. The lowest BCUT2D eigenvalue weighted by atomic mass is 9.99. The lowest BCUT2D eigenvalue weighted by molar-refractivity contribution is 0.829. The third kappa shape index (κ3) is 1.65. The van der Waals surface area contributed by atoms with E-state index < -0.39 is 0 Å². The molecule has 0 bridgehead atoms. The second-order valence-corrected chi connectivity index (χ2v) is 7.25. The summed E-state index contributed by atoms with van der Waals surface area (Å²) in [6.07, 6.45) is 1.04.